The molecule has 0 aliphatic heterocycles. The van der Waals surface area contributed by atoms with Crippen LogP contribution in [0.1, 0.15) is 42.5 Å². The summed E-state index contributed by atoms with van der Waals surface area (Å²) in [5.74, 6) is 0. The molecule has 0 spiro atoms. The maximum atomic E-state index is 14.0. The van der Waals surface area contributed by atoms with Crippen LogP contribution in [-0.4, -0.2) is 80.5 Å². The van der Waals surface area contributed by atoms with Crippen molar-refractivity contribution < 1.29 is 33.7 Å². The number of benzene rings is 4. The highest BCUT2D eigenvalue weighted by molar-refractivity contribution is 7.90. The summed E-state index contributed by atoms with van der Waals surface area (Å²) < 4.78 is 116. The molecule has 0 saturated carbocycles. The van der Waals surface area contributed by atoms with Gasteiger partial charge in [-0.1, -0.05) is 70.8 Å². The molecule has 0 aliphatic carbocycles. The Labute approximate surface area is 315 Å². The highest BCUT2D eigenvalue weighted by Crippen LogP contribution is 2.21. The van der Waals surface area contributed by atoms with Gasteiger partial charge in [-0.2, -0.15) is 8.61 Å². The lowest BCUT2D eigenvalue weighted by Gasteiger charge is -2.29. The van der Waals surface area contributed by atoms with E-state index in [2.05, 4.69) is 9.44 Å². The zero-order valence-corrected chi connectivity index (χ0v) is 34.0. The smallest absolute Gasteiger partial charge is 0.207 e. The predicted molar refractivity (Wildman–Crippen MR) is 206 cm³/mol. The summed E-state index contributed by atoms with van der Waals surface area (Å²) in [6.07, 6.45) is 0.00501. The number of rotatable bonds is 18. The van der Waals surface area contributed by atoms with Crippen molar-refractivity contribution in [3.05, 3.63) is 119 Å². The van der Waals surface area contributed by atoms with Gasteiger partial charge < -0.3 is 0 Å². The summed E-state index contributed by atoms with van der Waals surface area (Å²) in [5, 5.41) is 0. The number of aryl methyl sites for hydroxylation is 4. The van der Waals surface area contributed by atoms with Gasteiger partial charge in [0.05, 0.1) is 19.6 Å². The Balaban J connectivity index is 1.60. The summed E-state index contributed by atoms with van der Waals surface area (Å²) in [6.45, 7) is 9.57. The van der Waals surface area contributed by atoms with Gasteiger partial charge in [-0.3, -0.25) is 0 Å². The molecular formula is C37H48N4O8S4. The number of hydrogen-bond acceptors (Lipinski definition) is 8. The zero-order valence-electron chi connectivity index (χ0n) is 30.7. The van der Waals surface area contributed by atoms with Crippen molar-refractivity contribution in [3.8, 4) is 0 Å². The number of hydrogen-bond donors (Lipinski definition) is 2. The second-order valence-corrected chi connectivity index (χ2v) is 20.7. The van der Waals surface area contributed by atoms with Gasteiger partial charge in [-0.05, 0) is 96.5 Å². The fourth-order valence-corrected chi connectivity index (χ4v) is 11.2. The second kappa shape index (κ2) is 17.3. The second-order valence-electron chi connectivity index (χ2n) is 13.4. The van der Waals surface area contributed by atoms with E-state index in [9.17, 15) is 33.7 Å². The van der Waals surface area contributed by atoms with Crippen LogP contribution in [-0.2, 0) is 40.1 Å². The van der Waals surface area contributed by atoms with Crippen LogP contribution >= 0.6 is 0 Å². The first-order chi connectivity index (χ1) is 24.7. The average Bonchev–Trinajstić information content (AvgIpc) is 3.07. The molecule has 53 heavy (non-hydrogen) atoms. The van der Waals surface area contributed by atoms with Crippen LogP contribution in [0, 0.1) is 27.7 Å². The lowest BCUT2D eigenvalue weighted by Crippen LogP contribution is -2.46. The lowest BCUT2D eigenvalue weighted by molar-refractivity contribution is 0.334. The Hall–Kier alpha value is -3.48. The third-order valence-corrected chi connectivity index (χ3v) is 15.4. The fraction of sp³-hybridized carbons (Fsp3) is 0.351. The number of nitrogens with one attached hydrogen (secondary N) is 2. The minimum atomic E-state index is -4.17. The normalized spacial score (nSPS) is 14.0. The number of nitrogens with zero attached hydrogens (tertiary/aromatic N) is 2. The van der Waals surface area contributed by atoms with Crippen LogP contribution in [0.3, 0.4) is 0 Å². The Morgan fingerprint density at radius 3 is 0.943 bits per heavy atom. The molecule has 0 unspecified atom stereocenters. The van der Waals surface area contributed by atoms with Crippen LogP contribution in [0.5, 0.6) is 0 Å². The highest BCUT2D eigenvalue weighted by Gasteiger charge is 2.31. The van der Waals surface area contributed by atoms with Gasteiger partial charge in [-0.25, -0.2) is 43.1 Å². The van der Waals surface area contributed by atoms with E-state index >= 15 is 0 Å². The Kier molecular flexibility index (Phi) is 13.8. The SMILES string of the molecule is Cc1ccc(S(=O)(=O)N[C@@H](C)CN(CCCN(C[C@H](C)NS(=O)(=O)c2ccc(C)cc2)S(=O)(=O)c2ccc(C)cc2)S(=O)(=O)c2ccc(C)cc2)cc1. The van der Waals surface area contributed by atoms with E-state index in [4.69, 9.17) is 0 Å². The van der Waals surface area contributed by atoms with E-state index in [0.29, 0.717) is 0 Å². The van der Waals surface area contributed by atoms with Gasteiger partial charge in [0.15, 0.2) is 0 Å². The molecule has 2 N–H and O–H groups in total. The van der Waals surface area contributed by atoms with Crippen LogP contribution in [0.15, 0.2) is 117 Å². The quantitative estimate of drug-likeness (QED) is 0.146. The standard InChI is InChI=1S/C37H48N4O8S4/c1-28-8-16-34(17-9-28)50(42,43)38-32(5)26-40(52(46,47)36-20-12-30(3)13-21-36)24-7-25-41(53(48,49)37-22-14-31(4)15-23-37)27-33(6)39-51(44,45)35-18-10-29(2)11-19-35/h8-23,32-33,38-39H,7,24-27H2,1-6H3/t32-,33-/m0/s1. The molecule has 4 aromatic rings. The zero-order chi connectivity index (χ0) is 39.2. The monoisotopic (exact) mass is 804 g/mol. The first kappa shape index (κ1) is 42.3. The largest absolute Gasteiger partial charge is 0.243 e. The first-order valence-electron chi connectivity index (χ1n) is 17.0. The maximum absolute atomic E-state index is 14.0. The van der Waals surface area contributed by atoms with Crippen LogP contribution in [0.25, 0.3) is 0 Å². The summed E-state index contributed by atoms with van der Waals surface area (Å²) in [7, 11) is -16.3. The van der Waals surface area contributed by atoms with E-state index in [0.717, 1.165) is 30.9 Å². The van der Waals surface area contributed by atoms with E-state index in [1.165, 1.54) is 48.5 Å². The molecule has 4 aromatic carbocycles. The molecular weight excluding hydrogens is 757 g/mol. The molecule has 0 saturated heterocycles. The van der Waals surface area contributed by atoms with Crippen LogP contribution < -0.4 is 9.44 Å². The molecule has 0 bridgehead atoms. The Bertz CT molecular complexity index is 2120. The summed E-state index contributed by atoms with van der Waals surface area (Å²) in [4.78, 5) is 0.0684. The molecule has 0 fully saturated rings. The van der Waals surface area contributed by atoms with Crippen molar-refractivity contribution in [3.63, 3.8) is 0 Å². The van der Waals surface area contributed by atoms with Crippen molar-refractivity contribution in [2.75, 3.05) is 26.2 Å². The van der Waals surface area contributed by atoms with Crippen molar-refractivity contribution in [1.29, 1.82) is 0 Å². The minimum absolute atomic E-state index is 0.0000377. The molecule has 288 valence electrons. The van der Waals surface area contributed by atoms with E-state index in [1.54, 1.807) is 62.4 Å². The molecule has 0 heterocycles. The number of sulfonamides is 4. The van der Waals surface area contributed by atoms with Gasteiger partial charge in [-0.15, -0.1) is 0 Å². The first-order valence-corrected chi connectivity index (χ1v) is 22.9. The summed E-state index contributed by atoms with van der Waals surface area (Å²) >= 11 is 0. The molecule has 0 radical (unpaired) electrons. The topological polar surface area (TPSA) is 167 Å². The Morgan fingerprint density at radius 2 is 0.679 bits per heavy atom. The van der Waals surface area contributed by atoms with Crippen LogP contribution in [0.4, 0.5) is 0 Å². The predicted octanol–water partition coefficient (Wildman–Crippen LogP) is 4.73. The fourth-order valence-electron chi connectivity index (χ4n) is 5.55. The highest BCUT2D eigenvalue weighted by atomic mass is 32.2. The summed E-state index contributed by atoms with van der Waals surface area (Å²) in [6, 6.07) is 23.3. The molecule has 2 atom stereocenters. The van der Waals surface area contributed by atoms with Gasteiger partial charge in [0, 0.05) is 38.3 Å². The van der Waals surface area contributed by atoms with E-state index in [1.807, 2.05) is 27.7 Å². The molecule has 0 aliphatic rings. The van der Waals surface area contributed by atoms with Crippen molar-refractivity contribution in [1.82, 2.24) is 18.1 Å². The third-order valence-electron chi connectivity index (χ3n) is 8.46. The molecule has 0 amide bonds. The minimum Gasteiger partial charge on any atom is -0.207 e. The van der Waals surface area contributed by atoms with Gasteiger partial charge in [0.25, 0.3) is 0 Å². The molecule has 12 nitrogen and oxygen atoms in total. The Morgan fingerprint density at radius 1 is 0.434 bits per heavy atom. The van der Waals surface area contributed by atoms with E-state index in [-0.39, 0.29) is 52.2 Å². The lowest BCUT2D eigenvalue weighted by atomic mass is 10.2. The molecule has 16 heteroatoms. The third kappa shape index (κ3) is 11.3. The van der Waals surface area contributed by atoms with Gasteiger partial charge in [0.1, 0.15) is 0 Å². The van der Waals surface area contributed by atoms with E-state index < -0.39 is 52.2 Å². The van der Waals surface area contributed by atoms with Crippen molar-refractivity contribution in [2.45, 2.75) is 79.6 Å². The maximum Gasteiger partial charge on any atom is 0.243 e. The van der Waals surface area contributed by atoms with Crippen LogP contribution in [0.2, 0.25) is 0 Å². The van der Waals surface area contributed by atoms with Crippen molar-refractivity contribution >= 4 is 40.1 Å². The van der Waals surface area contributed by atoms with Gasteiger partial charge in [0.2, 0.25) is 40.1 Å². The van der Waals surface area contributed by atoms with Crippen molar-refractivity contribution in [2.24, 2.45) is 0 Å². The molecule has 4 rings (SSSR count). The van der Waals surface area contributed by atoms with Gasteiger partial charge >= 0.3 is 0 Å². The molecule has 0 aromatic heterocycles. The average molecular weight is 805 g/mol. The summed E-state index contributed by atoms with van der Waals surface area (Å²) in [5.41, 5.74) is 3.45.